The van der Waals surface area contributed by atoms with Crippen molar-refractivity contribution in [3.05, 3.63) is 0 Å². The average molecular weight is 152 g/mol. The van der Waals surface area contributed by atoms with Gasteiger partial charge in [0.05, 0.1) is 6.10 Å². The predicted molar refractivity (Wildman–Crippen MR) is 40.1 cm³/mol. The summed E-state index contributed by atoms with van der Waals surface area (Å²) < 4.78 is 5.12. The van der Waals surface area contributed by atoms with Crippen LogP contribution in [0.15, 0.2) is 0 Å². The normalized spacial score (nSPS) is 34.0. The first kappa shape index (κ1) is 9.21. The zero-order chi connectivity index (χ0) is 5.98. The molecule has 1 heterocycles. The maximum Gasteiger partial charge on any atom is 0.0710 e. The number of halogens is 1. The van der Waals surface area contributed by atoms with Gasteiger partial charge in [0, 0.05) is 19.7 Å². The van der Waals surface area contributed by atoms with E-state index in [1.807, 2.05) is 0 Å². The van der Waals surface area contributed by atoms with Gasteiger partial charge in [-0.05, 0) is 13.3 Å². The molecule has 2 nitrogen and oxygen atoms in total. The van der Waals surface area contributed by atoms with Crippen LogP contribution in [0, 0.1) is 0 Å². The summed E-state index contributed by atoms with van der Waals surface area (Å²) in [5.74, 6) is 0. The molecule has 1 N–H and O–H groups in total. The summed E-state index contributed by atoms with van der Waals surface area (Å²) in [6, 6.07) is 0.653. The molecule has 0 aromatic heterocycles. The molecule has 0 spiro atoms. The van der Waals surface area contributed by atoms with Gasteiger partial charge in [-0.3, -0.25) is 0 Å². The van der Waals surface area contributed by atoms with Crippen LogP contribution in [-0.4, -0.2) is 25.8 Å². The molecule has 2 atom stereocenters. The molecule has 0 aromatic rings. The second-order valence-corrected chi connectivity index (χ2v) is 2.40. The van der Waals surface area contributed by atoms with Crippen LogP contribution in [0.4, 0.5) is 0 Å². The second-order valence-electron chi connectivity index (χ2n) is 2.40. The third-order valence-corrected chi connectivity index (χ3v) is 1.64. The highest BCUT2D eigenvalue weighted by Gasteiger charge is 2.18. The van der Waals surface area contributed by atoms with Crippen molar-refractivity contribution in [2.24, 2.45) is 0 Å². The first-order valence-corrected chi connectivity index (χ1v) is 3.09. The summed E-state index contributed by atoms with van der Waals surface area (Å²) in [6.07, 6.45) is 1.63. The summed E-state index contributed by atoms with van der Waals surface area (Å²) in [5, 5.41) is 3.30. The SMILES string of the molecule is CO[C@@H]1CN[C@H](C)C1.Cl. The Kier molecular flexibility index (Phi) is 4.19. The van der Waals surface area contributed by atoms with E-state index in [1.165, 1.54) is 0 Å². The van der Waals surface area contributed by atoms with Crippen molar-refractivity contribution in [3.63, 3.8) is 0 Å². The van der Waals surface area contributed by atoms with E-state index in [-0.39, 0.29) is 12.4 Å². The zero-order valence-electron chi connectivity index (χ0n) is 5.89. The minimum atomic E-state index is 0. The Morgan fingerprint density at radius 1 is 1.56 bits per heavy atom. The third kappa shape index (κ3) is 2.52. The summed E-state index contributed by atoms with van der Waals surface area (Å²) >= 11 is 0. The maximum absolute atomic E-state index is 5.12. The fraction of sp³-hybridized carbons (Fsp3) is 1.00. The fourth-order valence-corrected chi connectivity index (χ4v) is 1.07. The number of nitrogens with one attached hydrogen (secondary N) is 1. The van der Waals surface area contributed by atoms with Crippen LogP contribution < -0.4 is 5.32 Å². The summed E-state index contributed by atoms with van der Waals surface area (Å²) in [4.78, 5) is 0. The van der Waals surface area contributed by atoms with Crippen molar-refractivity contribution >= 4 is 12.4 Å². The molecular formula is C6H14ClNO. The number of ether oxygens (including phenoxy) is 1. The average Bonchev–Trinajstić information content (AvgIpc) is 2.14. The quantitative estimate of drug-likeness (QED) is 0.599. The maximum atomic E-state index is 5.12. The lowest BCUT2D eigenvalue weighted by Gasteiger charge is -2.02. The van der Waals surface area contributed by atoms with E-state index in [0.29, 0.717) is 12.1 Å². The predicted octanol–water partition coefficient (Wildman–Crippen LogP) is 0.805. The highest BCUT2D eigenvalue weighted by atomic mass is 35.5. The van der Waals surface area contributed by atoms with Gasteiger partial charge >= 0.3 is 0 Å². The van der Waals surface area contributed by atoms with Gasteiger partial charge in [-0.25, -0.2) is 0 Å². The molecule has 0 bridgehead atoms. The molecule has 1 saturated heterocycles. The van der Waals surface area contributed by atoms with E-state index in [9.17, 15) is 0 Å². The highest BCUT2D eigenvalue weighted by molar-refractivity contribution is 5.85. The Morgan fingerprint density at radius 3 is 2.44 bits per heavy atom. The number of rotatable bonds is 1. The minimum Gasteiger partial charge on any atom is -0.380 e. The molecule has 0 aliphatic carbocycles. The van der Waals surface area contributed by atoms with Crippen LogP contribution >= 0.6 is 12.4 Å². The molecule has 0 unspecified atom stereocenters. The van der Waals surface area contributed by atoms with Crippen LogP contribution in [0.5, 0.6) is 0 Å². The van der Waals surface area contributed by atoms with E-state index < -0.39 is 0 Å². The van der Waals surface area contributed by atoms with Gasteiger partial charge in [0.15, 0.2) is 0 Å². The Labute approximate surface area is 62.4 Å². The second kappa shape index (κ2) is 4.09. The molecule has 56 valence electrons. The van der Waals surface area contributed by atoms with Gasteiger partial charge in [0.25, 0.3) is 0 Å². The molecule has 9 heavy (non-hydrogen) atoms. The Balaban J connectivity index is 0.000000640. The Morgan fingerprint density at radius 2 is 2.22 bits per heavy atom. The summed E-state index contributed by atoms with van der Waals surface area (Å²) in [6.45, 7) is 3.21. The van der Waals surface area contributed by atoms with Crippen molar-refractivity contribution < 1.29 is 4.74 Å². The van der Waals surface area contributed by atoms with E-state index in [4.69, 9.17) is 4.74 Å². The number of hydrogen-bond donors (Lipinski definition) is 1. The summed E-state index contributed by atoms with van der Waals surface area (Å²) in [5.41, 5.74) is 0. The fourth-order valence-electron chi connectivity index (χ4n) is 1.07. The van der Waals surface area contributed by atoms with Crippen LogP contribution in [0.1, 0.15) is 13.3 Å². The topological polar surface area (TPSA) is 21.3 Å². The molecular weight excluding hydrogens is 138 g/mol. The lowest BCUT2D eigenvalue weighted by Crippen LogP contribution is -2.18. The zero-order valence-corrected chi connectivity index (χ0v) is 6.70. The molecule has 1 fully saturated rings. The van der Waals surface area contributed by atoms with E-state index in [2.05, 4.69) is 12.2 Å². The van der Waals surface area contributed by atoms with Gasteiger partial charge in [0.1, 0.15) is 0 Å². The minimum absolute atomic E-state index is 0. The van der Waals surface area contributed by atoms with E-state index >= 15 is 0 Å². The van der Waals surface area contributed by atoms with Crippen molar-refractivity contribution in [2.75, 3.05) is 13.7 Å². The molecule has 0 radical (unpaired) electrons. The molecule has 1 aliphatic rings. The molecule has 0 aromatic carbocycles. The Bertz CT molecular complexity index is 79.5. The van der Waals surface area contributed by atoms with Gasteiger partial charge in [0.2, 0.25) is 0 Å². The van der Waals surface area contributed by atoms with E-state index in [0.717, 1.165) is 13.0 Å². The third-order valence-electron chi connectivity index (χ3n) is 1.64. The standard InChI is InChI=1S/C6H13NO.ClH/c1-5-3-6(8-2)4-7-5;/h5-7H,3-4H2,1-2H3;1H/t5-,6+;/m1./s1. The van der Waals surface area contributed by atoms with Crippen molar-refractivity contribution in [2.45, 2.75) is 25.5 Å². The van der Waals surface area contributed by atoms with Crippen LogP contribution in [0.25, 0.3) is 0 Å². The van der Waals surface area contributed by atoms with Crippen molar-refractivity contribution in [3.8, 4) is 0 Å². The molecule has 0 amide bonds. The largest absolute Gasteiger partial charge is 0.380 e. The Hall–Kier alpha value is 0.210. The molecule has 3 heteroatoms. The summed E-state index contributed by atoms with van der Waals surface area (Å²) in [7, 11) is 1.77. The van der Waals surface area contributed by atoms with Crippen molar-refractivity contribution in [1.82, 2.24) is 5.32 Å². The van der Waals surface area contributed by atoms with Crippen LogP contribution in [-0.2, 0) is 4.74 Å². The monoisotopic (exact) mass is 151 g/mol. The smallest absolute Gasteiger partial charge is 0.0710 e. The first-order chi connectivity index (χ1) is 3.83. The lowest BCUT2D eigenvalue weighted by molar-refractivity contribution is 0.118. The molecule has 0 saturated carbocycles. The van der Waals surface area contributed by atoms with Crippen LogP contribution in [0.2, 0.25) is 0 Å². The number of hydrogen-bond acceptors (Lipinski definition) is 2. The molecule has 1 aliphatic heterocycles. The van der Waals surface area contributed by atoms with Crippen LogP contribution in [0.3, 0.4) is 0 Å². The van der Waals surface area contributed by atoms with Crippen molar-refractivity contribution in [1.29, 1.82) is 0 Å². The van der Waals surface area contributed by atoms with Gasteiger partial charge < -0.3 is 10.1 Å². The van der Waals surface area contributed by atoms with Gasteiger partial charge in [-0.15, -0.1) is 12.4 Å². The first-order valence-electron chi connectivity index (χ1n) is 3.09. The highest BCUT2D eigenvalue weighted by Crippen LogP contribution is 2.07. The molecule has 1 rings (SSSR count). The van der Waals surface area contributed by atoms with Gasteiger partial charge in [-0.1, -0.05) is 0 Å². The van der Waals surface area contributed by atoms with E-state index in [1.54, 1.807) is 7.11 Å². The number of methoxy groups -OCH3 is 1. The van der Waals surface area contributed by atoms with Gasteiger partial charge in [-0.2, -0.15) is 0 Å². The lowest BCUT2D eigenvalue weighted by atomic mass is 10.2.